The van der Waals surface area contributed by atoms with Crippen LogP contribution < -0.4 is 4.43 Å². The Balaban J connectivity index is 2.07. The largest absolute Gasteiger partial charge is 0.544 e. The van der Waals surface area contributed by atoms with Gasteiger partial charge in [-0.3, -0.25) is 0 Å². The first-order chi connectivity index (χ1) is 13.5. The van der Waals surface area contributed by atoms with E-state index in [0.29, 0.717) is 6.61 Å². The molecular weight excluding hydrogens is 391 g/mol. The van der Waals surface area contributed by atoms with Crippen LogP contribution >= 0.6 is 0 Å². The third-order valence-corrected chi connectivity index (χ3v) is 11.6. The lowest BCUT2D eigenvalue weighted by atomic mass is 9.65. The summed E-state index contributed by atoms with van der Waals surface area (Å²) in [5.41, 5.74) is 0.0354. The van der Waals surface area contributed by atoms with Crippen LogP contribution in [-0.2, 0) is 20.5 Å². The molecule has 1 atom stereocenters. The second kappa shape index (κ2) is 8.61. The molecule has 0 amide bonds. The highest BCUT2D eigenvalue weighted by Crippen LogP contribution is 2.42. The molecule has 1 aliphatic heterocycles. The molecule has 0 aliphatic carbocycles. The molecule has 1 fully saturated rings. The summed E-state index contributed by atoms with van der Waals surface area (Å²) in [6, 6.07) is 8.53. The summed E-state index contributed by atoms with van der Waals surface area (Å²) >= 11 is 0. The number of ether oxygens (including phenoxy) is 1. The van der Waals surface area contributed by atoms with Gasteiger partial charge in [0.15, 0.2) is 0 Å². The van der Waals surface area contributed by atoms with E-state index in [-0.39, 0.29) is 23.4 Å². The average Bonchev–Trinajstić information content (AvgIpc) is 2.81. The van der Waals surface area contributed by atoms with Gasteiger partial charge < -0.3 is 18.5 Å². The van der Waals surface area contributed by atoms with Crippen LogP contribution in [0.25, 0.3) is 0 Å². The molecule has 1 aromatic rings. The molecule has 1 unspecified atom stereocenters. The molecule has 1 saturated heterocycles. The fourth-order valence-corrected chi connectivity index (χ4v) is 4.28. The van der Waals surface area contributed by atoms with E-state index in [9.17, 15) is 0 Å². The van der Waals surface area contributed by atoms with E-state index in [2.05, 4.69) is 92.7 Å². The minimum Gasteiger partial charge on any atom is -0.544 e. The van der Waals surface area contributed by atoms with E-state index >= 15 is 0 Å². The van der Waals surface area contributed by atoms with Crippen molar-refractivity contribution in [3.63, 3.8) is 0 Å². The van der Waals surface area contributed by atoms with Gasteiger partial charge in [-0.05, 0) is 90.2 Å². The quantitative estimate of drug-likeness (QED) is 0.442. The summed E-state index contributed by atoms with van der Waals surface area (Å²) in [4.78, 5) is 0. The van der Waals surface area contributed by atoms with Gasteiger partial charge in [0.25, 0.3) is 0 Å². The molecule has 4 nitrogen and oxygen atoms in total. The van der Waals surface area contributed by atoms with Crippen molar-refractivity contribution >= 4 is 15.4 Å². The molecule has 6 heteroatoms. The standard InChI is InChI=1S/C24H43BO4Si/c1-12-26-24(9,25-28-22(5,6)23(7,8)29-25)18-17-19-13-15-20(16-14-19)27-30(10,11)21(2,3)4/h13-16H,12,17-18H2,1-11H3. The fraction of sp³-hybridized carbons (Fsp3) is 0.750. The second-order valence-electron chi connectivity index (χ2n) is 11.3. The Hall–Kier alpha value is -0.818. The number of rotatable bonds is 8. The lowest BCUT2D eigenvalue weighted by Crippen LogP contribution is -2.48. The maximum atomic E-state index is 6.41. The second-order valence-corrected chi connectivity index (χ2v) is 16.1. The zero-order valence-corrected chi connectivity index (χ0v) is 22.1. The van der Waals surface area contributed by atoms with Crippen molar-refractivity contribution < 1.29 is 18.5 Å². The van der Waals surface area contributed by atoms with Crippen LogP contribution in [-0.4, -0.2) is 38.7 Å². The predicted octanol–water partition coefficient (Wildman–Crippen LogP) is 6.43. The highest BCUT2D eigenvalue weighted by atomic mass is 28.4. The topological polar surface area (TPSA) is 36.9 Å². The summed E-state index contributed by atoms with van der Waals surface area (Å²) in [5.74, 6) is 0.962. The van der Waals surface area contributed by atoms with E-state index in [1.54, 1.807) is 0 Å². The molecule has 1 aliphatic rings. The van der Waals surface area contributed by atoms with Crippen molar-refractivity contribution in [3.05, 3.63) is 29.8 Å². The molecule has 170 valence electrons. The van der Waals surface area contributed by atoms with E-state index in [1.807, 2.05) is 6.92 Å². The molecule has 1 heterocycles. The van der Waals surface area contributed by atoms with Crippen molar-refractivity contribution in [1.29, 1.82) is 0 Å². The van der Waals surface area contributed by atoms with Gasteiger partial charge in [-0.25, -0.2) is 0 Å². The van der Waals surface area contributed by atoms with E-state index in [1.165, 1.54) is 5.56 Å². The lowest BCUT2D eigenvalue weighted by molar-refractivity contribution is 0.000949. The van der Waals surface area contributed by atoms with Crippen LogP contribution in [0.2, 0.25) is 18.1 Å². The molecule has 0 aromatic heterocycles. The zero-order valence-electron chi connectivity index (χ0n) is 21.1. The molecule has 0 bridgehead atoms. The first-order valence-corrected chi connectivity index (χ1v) is 14.2. The Morgan fingerprint density at radius 3 is 1.87 bits per heavy atom. The van der Waals surface area contributed by atoms with E-state index in [0.717, 1.165) is 18.6 Å². The Bertz CT molecular complexity index is 693. The molecule has 30 heavy (non-hydrogen) atoms. The minimum atomic E-state index is -1.82. The third-order valence-electron chi connectivity index (χ3n) is 7.24. The van der Waals surface area contributed by atoms with Crippen molar-refractivity contribution in [2.45, 2.75) is 110 Å². The Kier molecular flexibility index (Phi) is 7.30. The van der Waals surface area contributed by atoms with Crippen LogP contribution in [0.4, 0.5) is 0 Å². The van der Waals surface area contributed by atoms with Crippen LogP contribution in [0.15, 0.2) is 24.3 Å². The molecule has 0 radical (unpaired) electrons. The minimum absolute atomic E-state index is 0.188. The first kappa shape index (κ1) is 25.4. The van der Waals surface area contributed by atoms with Gasteiger partial charge in [0.1, 0.15) is 11.2 Å². The van der Waals surface area contributed by atoms with Crippen molar-refractivity contribution in [2.24, 2.45) is 0 Å². The molecular formula is C24H43BO4Si. The summed E-state index contributed by atoms with van der Waals surface area (Å²) in [7, 11) is -2.21. The van der Waals surface area contributed by atoms with Gasteiger partial charge in [0, 0.05) is 6.61 Å². The molecule has 0 spiro atoms. The number of aryl methyl sites for hydroxylation is 1. The van der Waals surface area contributed by atoms with E-state index in [4.69, 9.17) is 18.5 Å². The van der Waals surface area contributed by atoms with Gasteiger partial charge >= 0.3 is 7.12 Å². The summed E-state index contributed by atoms with van der Waals surface area (Å²) in [6.45, 7) is 24.4. The maximum absolute atomic E-state index is 6.41. The number of hydrogen-bond donors (Lipinski definition) is 0. The average molecular weight is 435 g/mol. The fourth-order valence-electron chi connectivity index (χ4n) is 3.24. The molecule has 0 saturated carbocycles. The summed E-state index contributed by atoms with van der Waals surface area (Å²) < 4.78 is 25.2. The lowest BCUT2D eigenvalue weighted by Gasteiger charge is -2.36. The van der Waals surface area contributed by atoms with Gasteiger partial charge in [0.05, 0.1) is 11.2 Å². The van der Waals surface area contributed by atoms with Gasteiger partial charge in [-0.2, -0.15) is 0 Å². The normalized spacial score (nSPS) is 20.8. The predicted molar refractivity (Wildman–Crippen MR) is 129 cm³/mol. The highest BCUT2D eigenvalue weighted by Gasteiger charge is 2.58. The molecule has 0 N–H and O–H groups in total. The third kappa shape index (κ3) is 5.50. The zero-order chi connectivity index (χ0) is 23.0. The van der Waals surface area contributed by atoms with Crippen LogP contribution in [0, 0.1) is 0 Å². The summed E-state index contributed by atoms with van der Waals surface area (Å²) in [6.07, 6.45) is 1.71. The van der Waals surface area contributed by atoms with Crippen molar-refractivity contribution in [3.8, 4) is 5.75 Å². The monoisotopic (exact) mass is 434 g/mol. The van der Waals surface area contributed by atoms with Crippen LogP contribution in [0.1, 0.15) is 74.3 Å². The molecule has 2 rings (SSSR count). The van der Waals surface area contributed by atoms with Gasteiger partial charge in [-0.15, -0.1) is 0 Å². The number of hydrogen-bond acceptors (Lipinski definition) is 4. The highest BCUT2D eigenvalue weighted by molar-refractivity contribution is 6.74. The molecule has 1 aromatic carbocycles. The first-order valence-electron chi connectivity index (χ1n) is 11.3. The van der Waals surface area contributed by atoms with Gasteiger partial charge in [-0.1, -0.05) is 32.9 Å². The van der Waals surface area contributed by atoms with Gasteiger partial charge in [0.2, 0.25) is 8.32 Å². The van der Waals surface area contributed by atoms with Crippen LogP contribution in [0.3, 0.4) is 0 Å². The SMILES string of the molecule is CCOC(C)(CCc1ccc(O[Si](C)(C)C(C)(C)C)cc1)B1OC(C)(C)C(C)(C)O1. The number of benzene rings is 1. The van der Waals surface area contributed by atoms with Crippen molar-refractivity contribution in [2.75, 3.05) is 6.61 Å². The Morgan fingerprint density at radius 2 is 1.43 bits per heavy atom. The van der Waals surface area contributed by atoms with Crippen molar-refractivity contribution in [1.82, 2.24) is 0 Å². The van der Waals surface area contributed by atoms with Crippen LogP contribution in [0.5, 0.6) is 5.75 Å². The maximum Gasteiger partial charge on any atom is 0.492 e. The Morgan fingerprint density at radius 1 is 0.933 bits per heavy atom. The smallest absolute Gasteiger partial charge is 0.492 e. The van der Waals surface area contributed by atoms with E-state index < -0.39 is 13.8 Å². The summed E-state index contributed by atoms with van der Waals surface area (Å²) in [5, 5.41) is 0.188. The Labute approximate surface area is 186 Å².